The molecular weight excluding hydrogens is 390 g/mol. The Labute approximate surface area is 153 Å². The largest absolute Gasteiger partial charge is 0.447 e. The zero-order chi connectivity index (χ0) is 19.8. The fourth-order valence-corrected chi connectivity index (χ4v) is 5.79. The Hall–Kier alpha value is -0.330. The van der Waals surface area contributed by atoms with Gasteiger partial charge in [-0.15, -0.1) is 0 Å². The molecule has 1 aromatic rings. The monoisotopic (exact) mass is 417 g/mol. The molecule has 152 valence electrons. The van der Waals surface area contributed by atoms with Crippen LogP contribution in [0.5, 0.6) is 0 Å². The van der Waals surface area contributed by atoms with Gasteiger partial charge in [0.25, 0.3) is 0 Å². The molecular formula is C12H27N4O8P2+. The smallest absolute Gasteiger partial charge is 0.365 e. The van der Waals surface area contributed by atoms with Crippen molar-refractivity contribution in [2.24, 2.45) is 0 Å². The molecule has 0 aliphatic carbocycles. The van der Waals surface area contributed by atoms with E-state index in [4.69, 9.17) is 9.68 Å². The number of hydrogen-bond donors (Lipinski definition) is 7. The third kappa shape index (κ3) is 6.10. The molecule has 2 unspecified atom stereocenters. The van der Waals surface area contributed by atoms with Crippen molar-refractivity contribution in [1.82, 2.24) is 20.8 Å². The Kier molecular flexibility index (Phi) is 9.37. The van der Waals surface area contributed by atoms with Crippen molar-refractivity contribution < 1.29 is 39.3 Å². The van der Waals surface area contributed by atoms with Crippen LogP contribution in [0.4, 0.5) is 0 Å². The van der Waals surface area contributed by atoms with E-state index in [2.05, 4.69) is 21.2 Å². The van der Waals surface area contributed by atoms with Crippen LogP contribution in [0.25, 0.3) is 0 Å². The average Bonchev–Trinajstić information content (AvgIpc) is 3.06. The van der Waals surface area contributed by atoms with Crippen LogP contribution in [-0.2, 0) is 21.2 Å². The number of aliphatic hydroxyl groups is 1. The zero-order valence-electron chi connectivity index (χ0n) is 14.8. The minimum Gasteiger partial charge on any atom is -0.365 e. The molecule has 0 bridgehead atoms. The molecule has 0 saturated heterocycles. The van der Waals surface area contributed by atoms with Gasteiger partial charge in [-0.1, -0.05) is 24.6 Å². The van der Waals surface area contributed by atoms with Gasteiger partial charge in [0.2, 0.25) is 0 Å². The van der Waals surface area contributed by atoms with Crippen LogP contribution >= 0.6 is 16.1 Å². The zero-order valence-corrected chi connectivity index (χ0v) is 16.6. The molecule has 0 aliphatic heterocycles. The lowest BCUT2D eigenvalue weighted by Crippen LogP contribution is -2.45. The molecule has 0 radical (unpaired) electrons. The van der Waals surface area contributed by atoms with Crippen molar-refractivity contribution in [3.63, 3.8) is 0 Å². The van der Waals surface area contributed by atoms with Gasteiger partial charge in [-0.2, -0.15) is 19.6 Å². The minimum atomic E-state index is -4.91. The van der Waals surface area contributed by atoms with Gasteiger partial charge in [0.1, 0.15) is 20.0 Å². The first-order chi connectivity index (χ1) is 12.1. The quantitative estimate of drug-likeness (QED) is 0.132. The summed E-state index contributed by atoms with van der Waals surface area (Å²) in [6.45, 7) is 4.77. The Morgan fingerprint density at radius 3 is 2.46 bits per heavy atom. The first-order valence-electron chi connectivity index (χ1n) is 7.81. The third-order valence-electron chi connectivity index (χ3n) is 3.48. The fourth-order valence-electron chi connectivity index (χ4n) is 2.17. The van der Waals surface area contributed by atoms with E-state index in [9.17, 15) is 24.7 Å². The molecule has 0 aliphatic rings. The SMILES string of the molecule is CCCC(C)(ONONOCC)[P@@](O)C(O)(Cn1ccnc1)[P+](O)(O)O. The number of hydrogen-bond acceptors (Lipinski definition) is 11. The van der Waals surface area contributed by atoms with Gasteiger partial charge >= 0.3 is 13.0 Å². The molecule has 1 aromatic heterocycles. The molecule has 14 heteroatoms. The van der Waals surface area contributed by atoms with E-state index >= 15 is 0 Å². The van der Waals surface area contributed by atoms with Crippen molar-refractivity contribution in [3.05, 3.63) is 18.7 Å². The van der Waals surface area contributed by atoms with E-state index in [1.807, 2.05) is 0 Å². The lowest BCUT2D eigenvalue weighted by Gasteiger charge is -2.40. The molecule has 7 N–H and O–H groups in total. The summed E-state index contributed by atoms with van der Waals surface area (Å²) in [4.78, 5) is 58.8. The molecule has 0 amide bonds. The van der Waals surface area contributed by atoms with Crippen LogP contribution in [0.2, 0.25) is 0 Å². The maximum atomic E-state index is 10.8. The van der Waals surface area contributed by atoms with Crippen molar-refractivity contribution in [2.75, 3.05) is 6.61 Å². The predicted octanol–water partition coefficient (Wildman–Crippen LogP) is 0.0831. The molecule has 1 heterocycles. The second-order valence-corrected chi connectivity index (χ2v) is 10.2. The van der Waals surface area contributed by atoms with E-state index in [0.29, 0.717) is 13.0 Å². The summed E-state index contributed by atoms with van der Waals surface area (Å²) in [6.07, 6.45) is 4.87. The van der Waals surface area contributed by atoms with Crippen molar-refractivity contribution >= 4 is 16.1 Å². The Morgan fingerprint density at radius 2 is 1.96 bits per heavy atom. The molecule has 0 fully saturated rings. The second-order valence-electron chi connectivity index (χ2n) is 5.62. The summed E-state index contributed by atoms with van der Waals surface area (Å²) in [5, 5.41) is 6.67. The summed E-state index contributed by atoms with van der Waals surface area (Å²) >= 11 is 0. The Morgan fingerprint density at radius 1 is 1.27 bits per heavy atom. The van der Waals surface area contributed by atoms with Crippen LogP contribution in [0, 0.1) is 0 Å². The molecule has 12 nitrogen and oxygen atoms in total. The highest BCUT2D eigenvalue weighted by atomic mass is 31.3. The van der Waals surface area contributed by atoms with E-state index in [1.54, 1.807) is 13.8 Å². The summed E-state index contributed by atoms with van der Waals surface area (Å²) in [6, 6.07) is 0. The lowest BCUT2D eigenvalue weighted by molar-refractivity contribution is -0.305. The summed E-state index contributed by atoms with van der Waals surface area (Å²) in [5.74, 6) is 0. The number of imidazole rings is 1. The van der Waals surface area contributed by atoms with Crippen molar-refractivity contribution in [3.8, 4) is 0 Å². The topological polar surface area (TPSA) is 171 Å². The van der Waals surface area contributed by atoms with Crippen molar-refractivity contribution in [1.29, 1.82) is 0 Å². The van der Waals surface area contributed by atoms with Gasteiger partial charge < -0.3 is 14.6 Å². The van der Waals surface area contributed by atoms with E-state index in [-0.39, 0.29) is 6.42 Å². The number of aromatic nitrogens is 2. The van der Waals surface area contributed by atoms with Gasteiger partial charge in [0.05, 0.1) is 12.9 Å². The molecule has 0 aromatic carbocycles. The number of rotatable bonds is 13. The molecule has 0 spiro atoms. The Balaban J connectivity index is 3.00. The maximum Gasteiger partial charge on any atom is 0.447 e. The second kappa shape index (κ2) is 10.3. The van der Waals surface area contributed by atoms with Crippen LogP contribution in [0.3, 0.4) is 0 Å². The van der Waals surface area contributed by atoms with Crippen LogP contribution in [0.15, 0.2) is 18.7 Å². The normalized spacial score (nSPS) is 18.3. The highest BCUT2D eigenvalue weighted by Gasteiger charge is 2.68. The van der Waals surface area contributed by atoms with E-state index < -0.39 is 33.1 Å². The first kappa shape index (κ1) is 23.7. The summed E-state index contributed by atoms with van der Waals surface area (Å²) < 4.78 is 1.30. The van der Waals surface area contributed by atoms with Gasteiger partial charge in [-0.3, -0.25) is 9.68 Å². The van der Waals surface area contributed by atoms with Gasteiger partial charge in [0, 0.05) is 12.4 Å². The minimum absolute atomic E-state index is 0.201. The molecule has 0 saturated carbocycles. The summed E-state index contributed by atoms with van der Waals surface area (Å²) in [7, 11) is -7.63. The van der Waals surface area contributed by atoms with Crippen LogP contribution in [0.1, 0.15) is 33.6 Å². The highest BCUT2D eigenvalue weighted by Crippen LogP contribution is 2.74. The standard InChI is InChI=1S/C12H27N4O8P2/c1-4-6-11(3,23-15-24-14-22-5-2)25(18)12(17,26(19,20)21)9-16-8-7-13-10-16/h7-8,10,14-15,17-21H,4-6,9H2,1-3H3/q+1/t11?,12?,25-/m1/s1. The van der Waals surface area contributed by atoms with Crippen LogP contribution in [-0.4, -0.2) is 51.3 Å². The average molecular weight is 417 g/mol. The predicted molar refractivity (Wildman–Crippen MR) is 93.3 cm³/mol. The van der Waals surface area contributed by atoms with E-state index in [0.717, 1.165) is 0 Å². The Bertz CT molecular complexity index is 520. The number of nitrogens with one attached hydrogen (secondary N) is 2. The van der Waals surface area contributed by atoms with E-state index in [1.165, 1.54) is 30.2 Å². The third-order valence-corrected chi connectivity index (χ3v) is 7.99. The lowest BCUT2D eigenvalue weighted by atomic mass is 10.2. The van der Waals surface area contributed by atoms with Gasteiger partial charge in [0.15, 0.2) is 0 Å². The molecule has 1 rings (SSSR count). The van der Waals surface area contributed by atoms with Gasteiger partial charge in [-0.25, -0.2) is 4.98 Å². The fraction of sp³-hybridized carbons (Fsp3) is 0.750. The summed E-state index contributed by atoms with van der Waals surface area (Å²) in [5.41, 5.74) is 4.13. The maximum absolute atomic E-state index is 10.8. The highest BCUT2D eigenvalue weighted by molar-refractivity contribution is 7.75. The first-order valence-corrected chi connectivity index (χ1v) is 10.7. The van der Waals surface area contributed by atoms with Gasteiger partial charge in [-0.05, 0) is 20.3 Å². The van der Waals surface area contributed by atoms with Crippen LogP contribution < -0.4 is 11.3 Å². The molecule has 26 heavy (non-hydrogen) atoms. The van der Waals surface area contributed by atoms with Crippen molar-refractivity contribution in [2.45, 2.75) is 50.6 Å². The number of nitrogens with zero attached hydrogens (tertiary/aromatic N) is 2. The molecule has 3 atom stereocenters.